The molecule has 1 atom stereocenters. The van der Waals surface area contributed by atoms with Crippen LogP contribution < -0.4 is 10.5 Å². The summed E-state index contributed by atoms with van der Waals surface area (Å²) in [6.45, 7) is 6.95. The number of nitrogens with two attached hydrogens (primary N) is 1. The Kier molecular flexibility index (Phi) is 4.50. The zero-order valence-electron chi connectivity index (χ0n) is 12.3. The summed E-state index contributed by atoms with van der Waals surface area (Å²) >= 11 is 3.58. The third kappa shape index (κ3) is 2.60. The fraction of sp³-hybridized carbons (Fsp3) is 0.400. The van der Waals surface area contributed by atoms with E-state index in [0.29, 0.717) is 0 Å². The Hall–Kier alpha value is -1.33. The van der Waals surface area contributed by atoms with Crippen molar-refractivity contribution in [1.82, 2.24) is 9.78 Å². The second kappa shape index (κ2) is 5.97. The predicted molar refractivity (Wildman–Crippen MR) is 84.1 cm³/mol. The van der Waals surface area contributed by atoms with Gasteiger partial charge in [0.15, 0.2) is 5.75 Å². The smallest absolute Gasteiger partial charge is 0.161 e. The van der Waals surface area contributed by atoms with Crippen LogP contribution in [-0.4, -0.2) is 16.9 Å². The van der Waals surface area contributed by atoms with Gasteiger partial charge in [-0.3, -0.25) is 4.68 Å². The van der Waals surface area contributed by atoms with E-state index in [1.165, 1.54) is 11.1 Å². The molecule has 1 unspecified atom stereocenters. The molecular formula is C15H20BrN3O. The fourth-order valence-corrected chi connectivity index (χ4v) is 2.65. The highest BCUT2D eigenvalue weighted by Crippen LogP contribution is 2.31. The molecule has 0 spiro atoms. The van der Waals surface area contributed by atoms with E-state index in [9.17, 15) is 0 Å². The molecule has 0 bridgehead atoms. The molecule has 0 aliphatic carbocycles. The molecule has 2 rings (SSSR count). The largest absolute Gasteiger partial charge is 0.493 e. The molecule has 0 radical (unpaired) electrons. The number of aryl methyl sites for hydroxylation is 3. The molecule has 2 N–H and O–H groups in total. The molecule has 2 aromatic rings. The van der Waals surface area contributed by atoms with Crippen LogP contribution in [0.1, 0.15) is 35.3 Å². The predicted octanol–water partition coefficient (Wildman–Crippen LogP) is 3.34. The van der Waals surface area contributed by atoms with E-state index in [4.69, 9.17) is 10.5 Å². The van der Waals surface area contributed by atoms with Crippen LogP contribution >= 0.6 is 15.9 Å². The Morgan fingerprint density at radius 3 is 2.45 bits per heavy atom. The highest BCUT2D eigenvalue weighted by Gasteiger charge is 2.20. The first-order valence-corrected chi connectivity index (χ1v) is 7.40. The second-order valence-corrected chi connectivity index (χ2v) is 5.65. The van der Waals surface area contributed by atoms with Gasteiger partial charge in [-0.1, -0.05) is 28.1 Å². The molecule has 108 valence electrons. The molecule has 20 heavy (non-hydrogen) atoms. The number of hydrogen-bond acceptors (Lipinski definition) is 3. The van der Waals surface area contributed by atoms with E-state index in [2.05, 4.69) is 47.0 Å². The molecule has 0 aliphatic heterocycles. The average Bonchev–Trinajstić information content (AvgIpc) is 2.86. The van der Waals surface area contributed by atoms with Crippen LogP contribution in [-0.2, 0) is 6.54 Å². The Morgan fingerprint density at radius 1 is 1.35 bits per heavy atom. The number of aromatic nitrogens is 2. The lowest BCUT2D eigenvalue weighted by Gasteiger charge is -2.17. The van der Waals surface area contributed by atoms with Crippen molar-refractivity contribution in [3.63, 3.8) is 0 Å². The minimum Gasteiger partial charge on any atom is -0.493 e. The lowest BCUT2D eigenvalue weighted by molar-refractivity contribution is 0.404. The van der Waals surface area contributed by atoms with E-state index >= 15 is 0 Å². The van der Waals surface area contributed by atoms with Crippen molar-refractivity contribution in [2.45, 2.75) is 33.4 Å². The molecule has 4 nitrogen and oxygen atoms in total. The minimum atomic E-state index is -0.252. The van der Waals surface area contributed by atoms with Crippen molar-refractivity contribution in [2.75, 3.05) is 7.11 Å². The maximum absolute atomic E-state index is 6.45. The Balaban J connectivity index is 2.51. The molecule has 1 aromatic carbocycles. The molecule has 1 aromatic heterocycles. The first-order valence-electron chi connectivity index (χ1n) is 6.61. The normalized spacial score (nSPS) is 12.5. The van der Waals surface area contributed by atoms with Crippen LogP contribution in [0.3, 0.4) is 0 Å². The molecule has 0 amide bonds. The second-order valence-electron chi connectivity index (χ2n) is 4.86. The van der Waals surface area contributed by atoms with Gasteiger partial charge in [0.05, 0.1) is 19.3 Å². The summed E-state index contributed by atoms with van der Waals surface area (Å²) in [7, 11) is 1.64. The summed E-state index contributed by atoms with van der Waals surface area (Å²) in [5.74, 6) is 0.734. The van der Waals surface area contributed by atoms with Gasteiger partial charge in [-0.05, 0) is 37.5 Å². The van der Waals surface area contributed by atoms with Gasteiger partial charge < -0.3 is 10.5 Å². The van der Waals surface area contributed by atoms with Crippen molar-refractivity contribution in [3.8, 4) is 5.75 Å². The van der Waals surface area contributed by atoms with E-state index in [1.807, 2.05) is 11.6 Å². The number of halogens is 1. The summed E-state index contributed by atoms with van der Waals surface area (Å²) in [6.07, 6.45) is 1.72. The summed E-state index contributed by atoms with van der Waals surface area (Å²) in [5, 5.41) is 4.32. The van der Waals surface area contributed by atoms with Gasteiger partial charge in [0.1, 0.15) is 5.69 Å². The van der Waals surface area contributed by atoms with Crippen molar-refractivity contribution in [3.05, 3.63) is 45.2 Å². The molecule has 0 saturated heterocycles. The van der Waals surface area contributed by atoms with Crippen LogP contribution in [0.5, 0.6) is 5.75 Å². The maximum atomic E-state index is 6.45. The number of methoxy groups -OCH3 is 1. The van der Waals surface area contributed by atoms with Crippen molar-refractivity contribution < 1.29 is 4.74 Å². The topological polar surface area (TPSA) is 53.1 Å². The standard InChI is InChI=1S/C15H20BrN3O/c1-5-19-15(12(20-4)8-18-19)14(17)11-6-9(2)13(16)10(3)7-11/h6-8,14H,5,17H2,1-4H3. The Labute approximate surface area is 128 Å². The minimum absolute atomic E-state index is 0.252. The monoisotopic (exact) mass is 337 g/mol. The zero-order valence-corrected chi connectivity index (χ0v) is 13.9. The van der Waals surface area contributed by atoms with E-state index in [0.717, 1.165) is 28.0 Å². The molecule has 0 aliphatic rings. The highest BCUT2D eigenvalue weighted by molar-refractivity contribution is 9.10. The number of ether oxygens (including phenoxy) is 1. The summed E-state index contributed by atoms with van der Waals surface area (Å²) in [4.78, 5) is 0. The van der Waals surface area contributed by atoms with Crippen molar-refractivity contribution in [2.24, 2.45) is 5.73 Å². The molecule has 0 fully saturated rings. The molecule has 5 heteroatoms. The molecular weight excluding hydrogens is 318 g/mol. The van der Waals surface area contributed by atoms with Crippen molar-refractivity contribution in [1.29, 1.82) is 0 Å². The lowest BCUT2D eigenvalue weighted by atomic mass is 9.99. The van der Waals surface area contributed by atoms with Gasteiger partial charge in [0.2, 0.25) is 0 Å². The number of benzene rings is 1. The van der Waals surface area contributed by atoms with E-state index in [-0.39, 0.29) is 6.04 Å². The highest BCUT2D eigenvalue weighted by atomic mass is 79.9. The summed E-state index contributed by atoms with van der Waals surface area (Å²) in [6, 6.07) is 3.96. The lowest BCUT2D eigenvalue weighted by Crippen LogP contribution is -2.18. The van der Waals surface area contributed by atoms with E-state index in [1.54, 1.807) is 13.3 Å². The summed E-state index contributed by atoms with van der Waals surface area (Å²) < 4.78 is 8.40. The van der Waals surface area contributed by atoms with Gasteiger partial charge in [-0.2, -0.15) is 5.10 Å². The average molecular weight is 338 g/mol. The SMILES string of the molecule is CCn1ncc(OC)c1C(N)c1cc(C)c(Br)c(C)c1. The van der Waals surface area contributed by atoms with Crippen molar-refractivity contribution >= 4 is 15.9 Å². The molecule has 1 heterocycles. The fourth-order valence-electron chi connectivity index (χ4n) is 2.42. The van der Waals surface area contributed by atoms with Crippen LogP contribution in [0.2, 0.25) is 0 Å². The van der Waals surface area contributed by atoms with Crippen LogP contribution in [0.4, 0.5) is 0 Å². The first-order chi connectivity index (χ1) is 9.49. The quantitative estimate of drug-likeness (QED) is 0.930. The third-order valence-corrected chi connectivity index (χ3v) is 4.73. The van der Waals surface area contributed by atoms with Crippen LogP contribution in [0, 0.1) is 13.8 Å². The third-order valence-electron chi connectivity index (χ3n) is 3.48. The Bertz CT molecular complexity index is 577. The van der Waals surface area contributed by atoms with E-state index < -0.39 is 0 Å². The molecule has 0 saturated carbocycles. The zero-order chi connectivity index (χ0) is 14.9. The number of nitrogens with zero attached hydrogens (tertiary/aromatic N) is 2. The van der Waals surface area contributed by atoms with Gasteiger partial charge >= 0.3 is 0 Å². The van der Waals surface area contributed by atoms with Gasteiger partial charge in [-0.15, -0.1) is 0 Å². The number of hydrogen-bond donors (Lipinski definition) is 1. The summed E-state index contributed by atoms with van der Waals surface area (Å²) in [5.41, 5.74) is 10.8. The van der Waals surface area contributed by atoms with Gasteiger partial charge in [-0.25, -0.2) is 0 Å². The van der Waals surface area contributed by atoms with Crippen LogP contribution in [0.25, 0.3) is 0 Å². The number of rotatable bonds is 4. The van der Waals surface area contributed by atoms with Crippen LogP contribution in [0.15, 0.2) is 22.8 Å². The maximum Gasteiger partial charge on any atom is 0.161 e. The van der Waals surface area contributed by atoms with Gasteiger partial charge in [0, 0.05) is 11.0 Å². The first kappa shape index (κ1) is 15.1. The Morgan fingerprint density at radius 2 is 1.95 bits per heavy atom. The van der Waals surface area contributed by atoms with Gasteiger partial charge in [0.25, 0.3) is 0 Å².